The minimum absolute atomic E-state index is 0.0388. The van der Waals surface area contributed by atoms with Crippen LogP contribution in [0, 0.1) is 17.7 Å². The van der Waals surface area contributed by atoms with E-state index in [0.29, 0.717) is 68.6 Å². The van der Waals surface area contributed by atoms with E-state index in [2.05, 4.69) is 15.6 Å². The molecule has 0 radical (unpaired) electrons. The summed E-state index contributed by atoms with van der Waals surface area (Å²) < 4.78 is 47.9. The summed E-state index contributed by atoms with van der Waals surface area (Å²) in [4.78, 5) is 68.6. The molecule has 0 spiro atoms. The molecule has 7 rings (SSSR count). The van der Waals surface area contributed by atoms with Crippen molar-refractivity contribution in [1.29, 1.82) is 0 Å². The molecular formula is C47H52ClFN4O11. The lowest BCUT2D eigenvalue weighted by Gasteiger charge is -2.32. The summed E-state index contributed by atoms with van der Waals surface area (Å²) in [5.74, 6) is -1.68. The number of ether oxygens (including phenoxy) is 6. The number of benzene rings is 3. The Bertz CT molecular complexity index is 2320. The number of aromatic nitrogens is 1. The second-order valence-electron chi connectivity index (χ2n) is 15.9. The molecule has 4 aromatic rings. The van der Waals surface area contributed by atoms with E-state index in [1.807, 2.05) is 13.0 Å². The standard InChI is InChI=1S/C47H52ClFN4O11/c1-29(30-5-7-31(8-6-30)34-15-16-50-38-12-9-32(49)27-36(34)38)44(55)51-33-10-11-37(48)41(28-33)64-26-24-62-22-20-60-18-17-59-19-21-61-23-25-63-40-4-2-3-35-43(40)47(58)53(46(35)57)39-13-14-42(54)52-45(39)56/h2-4,9-12,15-16,27-31,39H,5-8,13-14,17-26H2,1H3,(H,51,55)(H,52,54,56)/t29-,30-,31+,39?/m1/s1. The Labute approximate surface area is 375 Å². The number of rotatable bonds is 22. The van der Waals surface area contributed by atoms with E-state index in [1.165, 1.54) is 12.1 Å². The number of carbonyl (C=O) groups is 5. The highest BCUT2D eigenvalue weighted by Crippen LogP contribution is 2.41. The van der Waals surface area contributed by atoms with E-state index < -0.39 is 29.7 Å². The van der Waals surface area contributed by atoms with Crippen LogP contribution in [0.3, 0.4) is 0 Å². The Morgan fingerprint density at radius 1 is 0.797 bits per heavy atom. The molecule has 1 unspecified atom stereocenters. The zero-order valence-electron chi connectivity index (χ0n) is 35.6. The van der Waals surface area contributed by atoms with Gasteiger partial charge in [-0.3, -0.25) is 39.2 Å². The van der Waals surface area contributed by atoms with Gasteiger partial charge in [0.05, 0.1) is 74.5 Å². The molecular weight excluding hydrogens is 851 g/mol. The zero-order chi connectivity index (χ0) is 45.0. The van der Waals surface area contributed by atoms with Gasteiger partial charge in [0.1, 0.15) is 36.6 Å². The first kappa shape index (κ1) is 46.5. The molecule has 64 heavy (non-hydrogen) atoms. The molecule has 0 bridgehead atoms. The topological polar surface area (TPSA) is 181 Å². The number of hydrogen-bond donors (Lipinski definition) is 2. The number of hydrogen-bond acceptors (Lipinski definition) is 12. The summed E-state index contributed by atoms with van der Waals surface area (Å²) in [6, 6.07) is 15.5. The van der Waals surface area contributed by atoms with Crippen LogP contribution in [0.1, 0.15) is 77.6 Å². The molecule has 1 aromatic heterocycles. The third-order valence-corrected chi connectivity index (χ3v) is 12.1. The second kappa shape index (κ2) is 22.4. The normalized spacial score (nSPS) is 19.1. The fourth-order valence-electron chi connectivity index (χ4n) is 8.37. The van der Waals surface area contributed by atoms with Crippen LogP contribution in [0.2, 0.25) is 5.02 Å². The zero-order valence-corrected chi connectivity index (χ0v) is 36.4. The van der Waals surface area contributed by atoms with Gasteiger partial charge in [0.2, 0.25) is 17.7 Å². The maximum absolute atomic E-state index is 14.0. The van der Waals surface area contributed by atoms with E-state index in [4.69, 9.17) is 40.0 Å². The summed E-state index contributed by atoms with van der Waals surface area (Å²) in [5.41, 5.74) is 2.74. The summed E-state index contributed by atoms with van der Waals surface area (Å²) in [7, 11) is 0. The molecule has 3 heterocycles. The predicted molar refractivity (Wildman–Crippen MR) is 233 cm³/mol. The Balaban J connectivity index is 0.703. The van der Waals surface area contributed by atoms with Crippen molar-refractivity contribution in [1.82, 2.24) is 15.2 Å². The molecule has 15 nitrogen and oxygen atoms in total. The van der Waals surface area contributed by atoms with Crippen molar-refractivity contribution in [3.05, 3.63) is 94.4 Å². The van der Waals surface area contributed by atoms with E-state index >= 15 is 0 Å². The molecule has 2 fully saturated rings. The fourth-order valence-corrected chi connectivity index (χ4v) is 8.55. The van der Waals surface area contributed by atoms with Gasteiger partial charge in [-0.1, -0.05) is 24.6 Å². The first-order valence-corrected chi connectivity index (χ1v) is 22.0. The predicted octanol–water partition coefficient (Wildman–Crippen LogP) is 6.50. The lowest BCUT2D eigenvalue weighted by molar-refractivity contribution is -0.136. The van der Waals surface area contributed by atoms with Crippen LogP contribution in [-0.4, -0.2) is 112 Å². The van der Waals surface area contributed by atoms with Crippen molar-refractivity contribution >= 4 is 57.7 Å². The maximum atomic E-state index is 14.0. The number of carbonyl (C=O) groups excluding carboxylic acids is 5. The summed E-state index contributed by atoms with van der Waals surface area (Å²) >= 11 is 6.39. The van der Waals surface area contributed by atoms with Gasteiger partial charge in [-0.05, 0) is 98.0 Å². The van der Waals surface area contributed by atoms with Crippen LogP contribution >= 0.6 is 11.6 Å². The van der Waals surface area contributed by atoms with Crippen LogP contribution in [0.25, 0.3) is 10.9 Å². The van der Waals surface area contributed by atoms with Gasteiger partial charge >= 0.3 is 0 Å². The minimum Gasteiger partial charge on any atom is -0.490 e. The van der Waals surface area contributed by atoms with Crippen LogP contribution < -0.4 is 20.1 Å². The monoisotopic (exact) mass is 902 g/mol. The Morgan fingerprint density at radius 3 is 2.12 bits per heavy atom. The van der Waals surface area contributed by atoms with Crippen molar-refractivity contribution in [3.8, 4) is 11.5 Å². The number of pyridine rings is 1. The van der Waals surface area contributed by atoms with Gasteiger partial charge in [-0.2, -0.15) is 0 Å². The number of piperidine rings is 1. The first-order valence-electron chi connectivity index (χ1n) is 21.6. The van der Waals surface area contributed by atoms with E-state index in [1.54, 1.807) is 48.7 Å². The molecule has 2 aliphatic heterocycles. The summed E-state index contributed by atoms with van der Waals surface area (Å²) in [5, 5.41) is 6.49. The van der Waals surface area contributed by atoms with E-state index in [9.17, 15) is 28.4 Å². The third-order valence-electron chi connectivity index (χ3n) is 11.8. The fraction of sp³-hybridized carbons (Fsp3) is 0.447. The molecule has 3 aliphatic rings. The van der Waals surface area contributed by atoms with Crippen LogP contribution in [0.15, 0.2) is 66.9 Å². The number of nitrogens with one attached hydrogen (secondary N) is 2. The van der Waals surface area contributed by atoms with Gasteiger partial charge in [-0.25, -0.2) is 4.39 Å². The summed E-state index contributed by atoms with van der Waals surface area (Å²) in [6.07, 6.45) is 5.54. The van der Waals surface area contributed by atoms with Gasteiger partial charge < -0.3 is 33.7 Å². The number of anilines is 1. The Hall–Kier alpha value is -5.52. The Kier molecular flexibility index (Phi) is 16.3. The average molecular weight is 903 g/mol. The average Bonchev–Trinajstić information content (AvgIpc) is 3.55. The SMILES string of the molecule is C[C@@H](C(=O)Nc1ccc(Cl)c(OCCOCCOCCOCCOCCOc2cccc3c2C(=O)N(C2CCC(=O)NC2=O)C3=O)c1)[C@H]1CC[C@@H](c2ccnc3ccc(F)cc32)CC1. The molecule has 17 heteroatoms. The lowest BCUT2D eigenvalue weighted by atomic mass is 9.73. The second-order valence-corrected chi connectivity index (χ2v) is 16.3. The minimum atomic E-state index is -1.05. The smallest absolute Gasteiger partial charge is 0.266 e. The van der Waals surface area contributed by atoms with E-state index in [0.717, 1.165) is 47.0 Å². The molecule has 5 amide bonds. The van der Waals surface area contributed by atoms with E-state index in [-0.39, 0.29) is 73.1 Å². The molecule has 2 atom stereocenters. The highest BCUT2D eigenvalue weighted by atomic mass is 35.5. The van der Waals surface area contributed by atoms with Gasteiger partial charge in [0.15, 0.2) is 0 Å². The number of imide groups is 2. The van der Waals surface area contributed by atoms with Gasteiger partial charge in [0.25, 0.3) is 11.8 Å². The largest absolute Gasteiger partial charge is 0.490 e. The number of amides is 5. The van der Waals surface area contributed by atoms with Crippen LogP contribution in [0.4, 0.5) is 10.1 Å². The quantitative estimate of drug-likeness (QED) is 0.0647. The molecule has 340 valence electrons. The first-order chi connectivity index (χ1) is 31.1. The van der Waals surface area contributed by atoms with Crippen LogP contribution in [0.5, 0.6) is 11.5 Å². The summed E-state index contributed by atoms with van der Waals surface area (Å²) in [6.45, 7) is 4.91. The lowest BCUT2D eigenvalue weighted by Crippen LogP contribution is -2.54. The maximum Gasteiger partial charge on any atom is 0.266 e. The number of halogens is 2. The van der Waals surface area contributed by atoms with Gasteiger partial charge in [0, 0.05) is 35.7 Å². The molecule has 1 aliphatic carbocycles. The van der Waals surface area contributed by atoms with Crippen molar-refractivity contribution in [2.45, 2.75) is 57.4 Å². The molecule has 1 saturated heterocycles. The van der Waals surface area contributed by atoms with Gasteiger partial charge in [-0.15, -0.1) is 0 Å². The van der Waals surface area contributed by atoms with Crippen molar-refractivity contribution in [2.75, 3.05) is 71.4 Å². The third kappa shape index (κ3) is 11.6. The highest BCUT2D eigenvalue weighted by molar-refractivity contribution is 6.32. The van der Waals surface area contributed by atoms with Crippen LogP contribution in [-0.2, 0) is 33.3 Å². The number of nitrogens with zero attached hydrogens (tertiary/aromatic N) is 2. The number of fused-ring (bicyclic) bond motifs is 2. The van der Waals surface area contributed by atoms with Crippen molar-refractivity contribution in [2.24, 2.45) is 11.8 Å². The Morgan fingerprint density at radius 2 is 1.45 bits per heavy atom. The van der Waals surface area contributed by atoms with Crippen molar-refractivity contribution < 1.29 is 56.8 Å². The molecule has 3 aromatic carbocycles. The molecule has 1 saturated carbocycles. The molecule has 2 N–H and O–H groups in total. The van der Waals surface area contributed by atoms with Crippen molar-refractivity contribution in [3.63, 3.8) is 0 Å². The highest BCUT2D eigenvalue weighted by Gasteiger charge is 2.46.